The van der Waals surface area contributed by atoms with Crippen LogP contribution in [0.5, 0.6) is 0 Å². The first-order valence-corrected chi connectivity index (χ1v) is 6.92. The number of imidazole rings is 1. The second-order valence-electron chi connectivity index (χ2n) is 5.24. The molecule has 20 heavy (non-hydrogen) atoms. The number of rotatable bonds is 4. The van der Waals surface area contributed by atoms with Gasteiger partial charge in [-0.2, -0.15) is 4.98 Å². The van der Waals surface area contributed by atoms with E-state index in [1.807, 2.05) is 17.7 Å². The van der Waals surface area contributed by atoms with Crippen molar-refractivity contribution >= 4 is 0 Å². The molecule has 108 valence electrons. The molecule has 1 saturated heterocycles. The van der Waals surface area contributed by atoms with Crippen molar-refractivity contribution in [2.45, 2.75) is 38.3 Å². The van der Waals surface area contributed by atoms with Gasteiger partial charge >= 0.3 is 0 Å². The van der Waals surface area contributed by atoms with Crippen molar-refractivity contribution in [2.75, 3.05) is 13.2 Å². The number of ether oxygens (including phenoxy) is 1. The molecule has 7 nitrogen and oxygen atoms in total. The van der Waals surface area contributed by atoms with Gasteiger partial charge in [0, 0.05) is 25.9 Å². The van der Waals surface area contributed by atoms with E-state index in [9.17, 15) is 0 Å². The number of hydrogen-bond donors (Lipinski definition) is 1. The van der Waals surface area contributed by atoms with Crippen LogP contribution in [0.15, 0.2) is 17.0 Å². The molecule has 0 radical (unpaired) electrons. The highest BCUT2D eigenvalue weighted by Crippen LogP contribution is 2.33. The van der Waals surface area contributed by atoms with Crippen LogP contribution in [-0.4, -0.2) is 32.8 Å². The van der Waals surface area contributed by atoms with Crippen LogP contribution in [0.2, 0.25) is 0 Å². The molecule has 2 N–H and O–H groups in total. The van der Waals surface area contributed by atoms with Gasteiger partial charge in [0.25, 0.3) is 5.89 Å². The Labute approximate surface area is 117 Å². The molecule has 0 spiro atoms. The summed E-state index contributed by atoms with van der Waals surface area (Å²) in [6.07, 6.45) is 6.68. The molecule has 0 aromatic carbocycles. The monoisotopic (exact) mass is 277 g/mol. The van der Waals surface area contributed by atoms with Gasteiger partial charge < -0.3 is 19.6 Å². The first-order valence-electron chi connectivity index (χ1n) is 6.92. The van der Waals surface area contributed by atoms with Crippen molar-refractivity contribution < 1.29 is 9.26 Å². The number of nitrogens with zero attached hydrogens (tertiary/aromatic N) is 4. The Morgan fingerprint density at radius 1 is 1.45 bits per heavy atom. The van der Waals surface area contributed by atoms with Gasteiger partial charge in [0.15, 0.2) is 0 Å². The Hall–Kier alpha value is -1.73. The highest BCUT2D eigenvalue weighted by atomic mass is 16.5. The van der Waals surface area contributed by atoms with E-state index in [-0.39, 0.29) is 0 Å². The summed E-state index contributed by atoms with van der Waals surface area (Å²) >= 11 is 0. The van der Waals surface area contributed by atoms with Crippen molar-refractivity contribution in [1.82, 2.24) is 19.7 Å². The van der Waals surface area contributed by atoms with Crippen LogP contribution < -0.4 is 5.73 Å². The highest BCUT2D eigenvalue weighted by molar-refractivity contribution is 5.44. The molecule has 2 aromatic rings. The molecule has 0 saturated carbocycles. The van der Waals surface area contributed by atoms with Gasteiger partial charge in [-0.3, -0.25) is 0 Å². The first kappa shape index (κ1) is 13.3. The van der Waals surface area contributed by atoms with Crippen LogP contribution in [0.25, 0.3) is 11.6 Å². The van der Waals surface area contributed by atoms with E-state index in [1.54, 1.807) is 6.33 Å². The van der Waals surface area contributed by atoms with Crippen LogP contribution >= 0.6 is 0 Å². The molecule has 1 aliphatic rings. The van der Waals surface area contributed by atoms with Crippen molar-refractivity contribution in [3.63, 3.8) is 0 Å². The minimum Gasteiger partial charge on any atom is -0.367 e. The lowest BCUT2D eigenvalue weighted by Crippen LogP contribution is -2.31. The molecule has 3 heterocycles. The van der Waals surface area contributed by atoms with Crippen LogP contribution in [0, 0.1) is 0 Å². The summed E-state index contributed by atoms with van der Waals surface area (Å²) in [6, 6.07) is 0. The standard InChI is InChI=1S/C13H19N5O2/c1-13(4-2-3-7-19-13)12-16-11(20-17-12)10-8-18(6-5-14)9-15-10/h8-9H,2-7,14H2,1H3. The van der Waals surface area contributed by atoms with E-state index in [1.165, 1.54) is 0 Å². The largest absolute Gasteiger partial charge is 0.367 e. The molecule has 1 aliphatic heterocycles. The molecular weight excluding hydrogens is 258 g/mol. The molecule has 0 amide bonds. The molecule has 1 unspecified atom stereocenters. The third kappa shape index (κ3) is 2.46. The van der Waals surface area contributed by atoms with Gasteiger partial charge in [0.2, 0.25) is 5.82 Å². The molecule has 1 atom stereocenters. The summed E-state index contributed by atoms with van der Waals surface area (Å²) in [5.41, 5.74) is 5.73. The summed E-state index contributed by atoms with van der Waals surface area (Å²) in [4.78, 5) is 8.70. The van der Waals surface area contributed by atoms with Gasteiger partial charge in [0.05, 0.1) is 6.33 Å². The van der Waals surface area contributed by atoms with E-state index in [2.05, 4.69) is 15.1 Å². The van der Waals surface area contributed by atoms with E-state index >= 15 is 0 Å². The fourth-order valence-electron chi connectivity index (χ4n) is 2.39. The Kier molecular flexibility index (Phi) is 3.54. The molecule has 0 aliphatic carbocycles. The van der Waals surface area contributed by atoms with Crippen molar-refractivity contribution in [3.05, 3.63) is 18.3 Å². The summed E-state index contributed by atoms with van der Waals surface area (Å²) in [5.74, 6) is 1.02. The van der Waals surface area contributed by atoms with Crippen molar-refractivity contribution in [1.29, 1.82) is 0 Å². The zero-order valence-corrected chi connectivity index (χ0v) is 11.6. The van der Waals surface area contributed by atoms with Crippen LogP contribution in [0.4, 0.5) is 0 Å². The average Bonchev–Trinajstić information content (AvgIpc) is 3.08. The second kappa shape index (κ2) is 5.34. The fourth-order valence-corrected chi connectivity index (χ4v) is 2.39. The smallest absolute Gasteiger partial charge is 0.278 e. The van der Waals surface area contributed by atoms with Crippen molar-refractivity contribution in [2.24, 2.45) is 5.73 Å². The van der Waals surface area contributed by atoms with E-state index < -0.39 is 5.60 Å². The lowest BCUT2D eigenvalue weighted by atomic mass is 9.95. The van der Waals surface area contributed by atoms with Gasteiger partial charge in [-0.05, 0) is 26.2 Å². The Morgan fingerprint density at radius 3 is 3.10 bits per heavy atom. The van der Waals surface area contributed by atoms with Gasteiger partial charge in [0.1, 0.15) is 11.3 Å². The number of nitrogens with two attached hydrogens (primary N) is 1. The molecule has 7 heteroatoms. The first-order chi connectivity index (χ1) is 9.71. The maximum absolute atomic E-state index is 5.82. The Bertz CT molecular complexity index is 571. The van der Waals surface area contributed by atoms with Gasteiger partial charge in [-0.15, -0.1) is 0 Å². The van der Waals surface area contributed by atoms with E-state index in [0.717, 1.165) is 32.4 Å². The van der Waals surface area contributed by atoms with Gasteiger partial charge in [-0.25, -0.2) is 4.98 Å². The Balaban J connectivity index is 1.81. The highest BCUT2D eigenvalue weighted by Gasteiger charge is 2.35. The molecule has 2 aromatic heterocycles. The lowest BCUT2D eigenvalue weighted by Gasteiger charge is -2.30. The quantitative estimate of drug-likeness (QED) is 0.905. The maximum Gasteiger partial charge on any atom is 0.278 e. The normalized spacial score (nSPS) is 23.1. The number of hydrogen-bond acceptors (Lipinski definition) is 6. The predicted octanol–water partition coefficient (Wildman–Crippen LogP) is 1.31. The van der Waals surface area contributed by atoms with Crippen LogP contribution in [-0.2, 0) is 16.9 Å². The van der Waals surface area contributed by atoms with Crippen molar-refractivity contribution in [3.8, 4) is 11.6 Å². The maximum atomic E-state index is 5.82. The lowest BCUT2D eigenvalue weighted by molar-refractivity contribution is -0.0770. The molecular formula is C13H19N5O2. The predicted molar refractivity (Wildman–Crippen MR) is 71.7 cm³/mol. The second-order valence-corrected chi connectivity index (χ2v) is 5.24. The third-order valence-corrected chi connectivity index (χ3v) is 3.61. The Morgan fingerprint density at radius 2 is 2.35 bits per heavy atom. The summed E-state index contributed by atoms with van der Waals surface area (Å²) in [5, 5.41) is 4.06. The fraction of sp³-hybridized carbons (Fsp3) is 0.615. The minimum atomic E-state index is -0.445. The molecule has 0 bridgehead atoms. The van der Waals surface area contributed by atoms with E-state index in [0.29, 0.717) is 24.0 Å². The summed E-state index contributed by atoms with van der Waals surface area (Å²) < 4.78 is 13.0. The minimum absolute atomic E-state index is 0.422. The SMILES string of the molecule is CC1(c2noc(-c3cn(CCN)cn3)n2)CCCCO1. The number of aromatic nitrogens is 4. The summed E-state index contributed by atoms with van der Waals surface area (Å²) in [6.45, 7) is 4.03. The third-order valence-electron chi connectivity index (χ3n) is 3.61. The molecule has 1 fully saturated rings. The van der Waals surface area contributed by atoms with E-state index in [4.69, 9.17) is 15.0 Å². The van der Waals surface area contributed by atoms with Crippen LogP contribution in [0.1, 0.15) is 32.0 Å². The summed E-state index contributed by atoms with van der Waals surface area (Å²) in [7, 11) is 0. The molecule has 3 rings (SSSR count). The topological polar surface area (TPSA) is 92.0 Å². The van der Waals surface area contributed by atoms with Gasteiger partial charge in [-0.1, -0.05) is 5.16 Å². The zero-order valence-electron chi connectivity index (χ0n) is 11.6. The van der Waals surface area contributed by atoms with Crippen LogP contribution in [0.3, 0.4) is 0 Å². The average molecular weight is 277 g/mol. The zero-order chi connectivity index (χ0) is 14.0.